The molecule has 0 aromatic heterocycles. The van der Waals surface area contributed by atoms with Gasteiger partial charge in [-0.1, -0.05) is 67.1 Å². The van der Waals surface area contributed by atoms with Gasteiger partial charge in [0.05, 0.1) is 0 Å². The first kappa shape index (κ1) is 18.0. The Hall–Kier alpha value is -1.39. The Morgan fingerprint density at radius 1 is 0.962 bits per heavy atom. The van der Waals surface area contributed by atoms with Crippen LogP contribution in [0.15, 0.2) is 60.7 Å². The lowest BCUT2D eigenvalue weighted by atomic mass is 10.1. The second-order valence-electron chi connectivity index (χ2n) is 6.10. The summed E-state index contributed by atoms with van der Waals surface area (Å²) in [5, 5.41) is 8.86. The van der Waals surface area contributed by atoms with Crippen molar-refractivity contribution in [3.05, 3.63) is 71.8 Å². The predicted octanol–water partition coefficient (Wildman–Crippen LogP) is 6.26. The molecule has 0 spiro atoms. The summed E-state index contributed by atoms with van der Waals surface area (Å²) >= 11 is 3.23. The number of aliphatic carboxylic acids is 1. The van der Waals surface area contributed by atoms with Crippen molar-refractivity contribution in [3.8, 4) is 0 Å². The Labute approximate surface area is 168 Å². The summed E-state index contributed by atoms with van der Waals surface area (Å²) in [6.45, 7) is 0. The molecule has 2 nitrogen and oxygen atoms in total. The van der Waals surface area contributed by atoms with E-state index in [4.69, 9.17) is 7.85 Å². The molecule has 2 rings (SSSR count). The maximum atomic E-state index is 10.7. The molecule has 3 atom stereocenters. The van der Waals surface area contributed by atoms with E-state index in [2.05, 4.69) is 12.1 Å². The largest absolute Gasteiger partial charge is 0.481 e. The van der Waals surface area contributed by atoms with E-state index < -0.39 is 18.1 Å². The van der Waals surface area contributed by atoms with Gasteiger partial charge in [-0.3, -0.25) is 4.79 Å². The number of hydrogen-bond donors (Lipinski definition) is 1. The fraction of sp³-hybridized carbons (Fsp3) is 0.409. The Bertz CT molecular complexity index is 685. The Balaban J connectivity index is 1.89. The molecule has 0 aliphatic carbocycles. The van der Waals surface area contributed by atoms with Crippen LogP contribution < -0.4 is 0 Å². The summed E-state index contributed by atoms with van der Waals surface area (Å²) in [5.41, 5.74) is 1.87. The van der Waals surface area contributed by atoms with Gasteiger partial charge in [-0.15, -0.1) is 0 Å². The molecule has 1 N–H and O–H groups in total. The molecule has 0 saturated heterocycles. The van der Waals surface area contributed by atoms with Gasteiger partial charge in [-0.2, -0.15) is 23.5 Å². The maximum absolute atomic E-state index is 10.7. The van der Waals surface area contributed by atoms with Gasteiger partial charge in [0.25, 0.3) is 0 Å². The SMILES string of the molecule is [2H]C(SCc1ccccc1)C([2H])C(CCCCC(=O)O)SCc1ccccc1. The Morgan fingerprint density at radius 3 is 2.19 bits per heavy atom. The number of carbonyl (C=O) groups is 1. The molecule has 3 unspecified atom stereocenters. The minimum Gasteiger partial charge on any atom is -0.481 e. The highest BCUT2D eigenvalue weighted by atomic mass is 32.2. The molecule has 4 heteroatoms. The Morgan fingerprint density at radius 2 is 1.58 bits per heavy atom. The van der Waals surface area contributed by atoms with Crippen molar-refractivity contribution in [1.29, 1.82) is 0 Å². The van der Waals surface area contributed by atoms with E-state index in [-0.39, 0.29) is 11.7 Å². The van der Waals surface area contributed by atoms with Crippen molar-refractivity contribution >= 4 is 29.5 Å². The van der Waals surface area contributed by atoms with Gasteiger partial charge in [-0.05, 0) is 36.1 Å². The Kier molecular flexibility index (Phi) is 8.92. The van der Waals surface area contributed by atoms with Crippen LogP contribution in [-0.2, 0) is 16.3 Å². The molecule has 0 bridgehead atoms. The second kappa shape index (κ2) is 12.9. The molecule has 0 radical (unpaired) electrons. The molecule has 0 aliphatic rings. The van der Waals surface area contributed by atoms with Gasteiger partial charge in [0.1, 0.15) is 0 Å². The van der Waals surface area contributed by atoms with Crippen molar-refractivity contribution in [3.63, 3.8) is 0 Å². The van der Waals surface area contributed by atoms with Gasteiger partial charge in [0.2, 0.25) is 0 Å². The third-order valence-corrected chi connectivity index (χ3v) is 6.09. The smallest absolute Gasteiger partial charge is 0.303 e. The van der Waals surface area contributed by atoms with Crippen LogP contribution in [0.5, 0.6) is 0 Å². The van der Waals surface area contributed by atoms with Crippen LogP contribution in [0.4, 0.5) is 0 Å². The molecular weight excluding hydrogens is 360 g/mol. The molecule has 0 amide bonds. The van der Waals surface area contributed by atoms with Gasteiger partial charge in [-0.25, -0.2) is 0 Å². The monoisotopic (exact) mass is 390 g/mol. The number of thioether (sulfide) groups is 2. The summed E-state index contributed by atoms with van der Waals surface area (Å²) in [7, 11) is 0. The molecule has 26 heavy (non-hydrogen) atoms. The fourth-order valence-electron chi connectivity index (χ4n) is 2.50. The van der Waals surface area contributed by atoms with Gasteiger partial charge >= 0.3 is 5.97 Å². The van der Waals surface area contributed by atoms with E-state index in [1.807, 2.05) is 48.5 Å². The van der Waals surface area contributed by atoms with Crippen LogP contribution in [0.1, 0.15) is 45.9 Å². The van der Waals surface area contributed by atoms with E-state index in [1.54, 1.807) is 11.8 Å². The highest BCUT2D eigenvalue weighted by Crippen LogP contribution is 2.27. The molecule has 2 aromatic rings. The van der Waals surface area contributed by atoms with Crippen molar-refractivity contribution in [2.24, 2.45) is 0 Å². The third-order valence-electron chi connectivity index (χ3n) is 3.92. The number of carboxylic acid groups (broad SMARTS) is 1. The lowest BCUT2D eigenvalue weighted by Crippen LogP contribution is -2.06. The van der Waals surface area contributed by atoms with Crippen LogP contribution in [0.25, 0.3) is 0 Å². The van der Waals surface area contributed by atoms with Crippen molar-refractivity contribution < 1.29 is 12.6 Å². The highest BCUT2D eigenvalue weighted by molar-refractivity contribution is 7.99. The lowest BCUT2D eigenvalue weighted by molar-refractivity contribution is -0.137. The van der Waals surface area contributed by atoms with Crippen molar-refractivity contribution in [1.82, 2.24) is 0 Å². The number of rotatable bonds is 13. The molecule has 0 saturated carbocycles. The summed E-state index contributed by atoms with van der Waals surface area (Å²) in [6, 6.07) is 20.2. The van der Waals surface area contributed by atoms with E-state index in [9.17, 15) is 4.79 Å². The molecule has 0 fully saturated rings. The fourth-order valence-corrected chi connectivity index (χ4v) is 4.50. The van der Waals surface area contributed by atoms with Crippen LogP contribution in [-0.4, -0.2) is 22.1 Å². The molecule has 0 heterocycles. The van der Waals surface area contributed by atoms with Gasteiger partial charge < -0.3 is 5.11 Å². The van der Waals surface area contributed by atoms with Crippen molar-refractivity contribution in [2.45, 2.75) is 48.8 Å². The van der Waals surface area contributed by atoms with Gasteiger partial charge in [0, 0.05) is 25.9 Å². The summed E-state index contributed by atoms with van der Waals surface area (Å²) < 4.78 is 17.1. The summed E-state index contributed by atoms with van der Waals surface area (Å²) in [4.78, 5) is 10.7. The zero-order chi connectivity index (χ0) is 20.2. The highest BCUT2D eigenvalue weighted by Gasteiger charge is 2.10. The number of benzene rings is 2. The zero-order valence-electron chi connectivity index (χ0n) is 16.9. The van der Waals surface area contributed by atoms with Crippen molar-refractivity contribution in [2.75, 3.05) is 5.73 Å². The first-order valence-corrected chi connectivity index (χ1v) is 11.0. The molecule has 2 aromatic carbocycles. The average Bonchev–Trinajstić information content (AvgIpc) is 2.72. The quantitative estimate of drug-likeness (QED) is 0.410. The van der Waals surface area contributed by atoms with Crippen LogP contribution in [0, 0.1) is 0 Å². The van der Waals surface area contributed by atoms with Crippen LogP contribution in [0.2, 0.25) is 0 Å². The normalized spacial score (nSPS) is 15.5. The summed E-state index contributed by atoms with van der Waals surface area (Å²) in [6.07, 6.45) is 1.85. The number of unbranched alkanes of at least 4 members (excludes halogenated alkanes) is 1. The standard InChI is InChI=1S/C22H28O2S2/c23-22(24)14-8-7-13-21(26-18-20-11-5-2-6-12-20)15-16-25-17-19-9-3-1-4-10-19/h1-6,9-12,21H,7-8,13-18H2,(H,23,24)/i15D,16D. The third kappa shape index (κ3) is 9.35. The zero-order valence-corrected chi connectivity index (χ0v) is 16.6. The van der Waals surface area contributed by atoms with E-state index in [1.165, 1.54) is 22.9 Å². The van der Waals surface area contributed by atoms with Crippen LogP contribution >= 0.6 is 23.5 Å². The predicted molar refractivity (Wildman–Crippen MR) is 115 cm³/mol. The molecule has 140 valence electrons. The topological polar surface area (TPSA) is 37.3 Å². The van der Waals surface area contributed by atoms with Gasteiger partial charge in [0.15, 0.2) is 0 Å². The van der Waals surface area contributed by atoms with E-state index >= 15 is 0 Å². The van der Waals surface area contributed by atoms with Crippen LogP contribution in [0.3, 0.4) is 0 Å². The lowest BCUT2D eigenvalue weighted by Gasteiger charge is -2.16. The van der Waals surface area contributed by atoms with E-state index in [0.29, 0.717) is 6.42 Å². The minimum absolute atomic E-state index is 0.0276. The molecule has 0 aliphatic heterocycles. The molecular formula is C22H28O2S2. The summed E-state index contributed by atoms with van der Waals surface area (Å²) in [5.74, 6) is 0.780. The number of hydrogen-bond acceptors (Lipinski definition) is 3. The second-order valence-corrected chi connectivity index (χ2v) is 8.22. The maximum Gasteiger partial charge on any atom is 0.303 e. The average molecular weight is 391 g/mol. The first-order valence-electron chi connectivity index (χ1n) is 10.1. The first-order chi connectivity index (χ1) is 13.6. The van der Waals surface area contributed by atoms with E-state index in [0.717, 1.165) is 24.3 Å². The minimum atomic E-state index is -0.771. The number of carboxylic acids is 1.